The van der Waals surface area contributed by atoms with Gasteiger partial charge in [0.1, 0.15) is 0 Å². The minimum absolute atomic E-state index is 0.539. The molecule has 0 fully saturated rings. The van der Waals surface area contributed by atoms with Crippen LogP contribution < -0.4 is 11.5 Å². The second kappa shape index (κ2) is 6.41. The summed E-state index contributed by atoms with van der Waals surface area (Å²) in [5.41, 5.74) is 12.3. The molecule has 0 radical (unpaired) electrons. The number of hydrogen-bond acceptors (Lipinski definition) is 2. The number of amides is 2. The summed E-state index contributed by atoms with van der Waals surface area (Å²) < 4.78 is 0. The summed E-state index contributed by atoms with van der Waals surface area (Å²) in [6, 6.07) is 15.5. The lowest BCUT2D eigenvalue weighted by atomic mass is 9.80. The number of nitrogens with two attached hydrogens (primary N) is 2. The van der Waals surface area contributed by atoms with Crippen LogP contribution in [-0.4, -0.2) is 11.8 Å². The lowest BCUT2D eigenvalue weighted by Crippen LogP contribution is -2.34. The van der Waals surface area contributed by atoms with Crippen molar-refractivity contribution < 1.29 is 9.59 Å². The lowest BCUT2D eigenvalue weighted by Gasteiger charge is -2.23. The van der Waals surface area contributed by atoms with Gasteiger partial charge < -0.3 is 11.5 Å². The highest BCUT2D eigenvalue weighted by Gasteiger charge is 2.33. The van der Waals surface area contributed by atoms with Crippen molar-refractivity contribution in [3.63, 3.8) is 0 Å². The van der Waals surface area contributed by atoms with Crippen LogP contribution in [0, 0.1) is 0 Å². The molecule has 0 bridgehead atoms. The van der Waals surface area contributed by atoms with E-state index in [2.05, 4.69) is 0 Å². The Morgan fingerprint density at radius 2 is 1.19 bits per heavy atom. The summed E-state index contributed by atoms with van der Waals surface area (Å²) >= 11 is 5.85. The summed E-state index contributed by atoms with van der Waals surface area (Å²) in [5.74, 6) is -2.85. The van der Waals surface area contributed by atoms with Crippen LogP contribution in [-0.2, 0) is 9.59 Å². The molecule has 0 saturated heterocycles. The van der Waals surface area contributed by atoms with Crippen LogP contribution in [0.3, 0.4) is 0 Å². The highest BCUT2D eigenvalue weighted by atomic mass is 35.5. The Labute approximate surface area is 127 Å². The van der Waals surface area contributed by atoms with Crippen LogP contribution in [0.15, 0.2) is 54.6 Å². The SMILES string of the molecule is NC(=O)[C@@H](c1ccccc1)[C@@H](C(N)=O)c1ccc(Cl)cc1. The molecular formula is C16H15ClN2O2. The van der Waals surface area contributed by atoms with Gasteiger partial charge in [0.2, 0.25) is 11.8 Å². The van der Waals surface area contributed by atoms with Crippen molar-refractivity contribution in [1.29, 1.82) is 0 Å². The van der Waals surface area contributed by atoms with Crippen molar-refractivity contribution in [3.05, 3.63) is 70.7 Å². The summed E-state index contributed by atoms with van der Waals surface area (Å²) in [4.78, 5) is 23.8. The molecule has 108 valence electrons. The largest absolute Gasteiger partial charge is 0.369 e. The normalized spacial score (nSPS) is 13.4. The van der Waals surface area contributed by atoms with E-state index in [1.807, 2.05) is 6.07 Å². The molecule has 0 unspecified atom stereocenters. The van der Waals surface area contributed by atoms with E-state index in [9.17, 15) is 9.59 Å². The van der Waals surface area contributed by atoms with E-state index < -0.39 is 23.7 Å². The molecule has 0 aliphatic rings. The minimum Gasteiger partial charge on any atom is -0.369 e. The van der Waals surface area contributed by atoms with Crippen molar-refractivity contribution in [1.82, 2.24) is 0 Å². The van der Waals surface area contributed by atoms with Gasteiger partial charge in [0, 0.05) is 5.02 Å². The zero-order valence-electron chi connectivity index (χ0n) is 11.2. The van der Waals surface area contributed by atoms with Gasteiger partial charge in [0.05, 0.1) is 11.8 Å². The van der Waals surface area contributed by atoms with Gasteiger partial charge in [-0.15, -0.1) is 0 Å². The Hall–Kier alpha value is -2.33. The van der Waals surface area contributed by atoms with E-state index in [1.54, 1.807) is 48.5 Å². The molecule has 0 aliphatic heterocycles. The molecule has 0 aromatic heterocycles. The maximum absolute atomic E-state index is 11.9. The van der Waals surface area contributed by atoms with Gasteiger partial charge >= 0.3 is 0 Å². The first-order valence-corrected chi connectivity index (χ1v) is 6.77. The number of benzene rings is 2. The van der Waals surface area contributed by atoms with Gasteiger partial charge in [-0.25, -0.2) is 0 Å². The quantitative estimate of drug-likeness (QED) is 0.887. The highest BCUT2D eigenvalue weighted by Crippen LogP contribution is 2.33. The van der Waals surface area contributed by atoms with Crippen LogP contribution in [0.2, 0.25) is 5.02 Å². The number of hydrogen-bond donors (Lipinski definition) is 2. The Bertz CT molecular complexity index is 641. The molecule has 4 N–H and O–H groups in total. The summed E-state index contributed by atoms with van der Waals surface area (Å²) in [6.45, 7) is 0. The molecule has 0 heterocycles. The van der Waals surface area contributed by atoms with E-state index in [4.69, 9.17) is 23.1 Å². The van der Waals surface area contributed by atoms with E-state index in [1.165, 1.54) is 0 Å². The molecule has 2 atom stereocenters. The molecule has 0 aliphatic carbocycles. The van der Waals surface area contributed by atoms with Gasteiger partial charge in [-0.05, 0) is 23.3 Å². The predicted molar refractivity (Wildman–Crippen MR) is 81.8 cm³/mol. The Kier molecular flexibility index (Phi) is 4.60. The van der Waals surface area contributed by atoms with Crippen molar-refractivity contribution in [2.24, 2.45) is 11.5 Å². The summed E-state index contributed by atoms with van der Waals surface area (Å²) in [6.07, 6.45) is 0. The zero-order chi connectivity index (χ0) is 15.4. The standard InChI is InChI=1S/C16H15ClN2O2/c17-12-8-6-11(7-9-12)14(16(19)21)13(15(18)20)10-4-2-1-3-5-10/h1-9,13-14H,(H2,18,20)(H2,19,21)/t13-,14-/m0/s1. The molecule has 0 saturated carbocycles. The third kappa shape index (κ3) is 3.41. The topological polar surface area (TPSA) is 86.2 Å². The molecule has 0 spiro atoms. The fourth-order valence-corrected chi connectivity index (χ4v) is 2.50. The molecule has 21 heavy (non-hydrogen) atoms. The van der Waals surface area contributed by atoms with Crippen LogP contribution in [0.25, 0.3) is 0 Å². The zero-order valence-corrected chi connectivity index (χ0v) is 12.0. The monoisotopic (exact) mass is 302 g/mol. The van der Waals surface area contributed by atoms with Crippen molar-refractivity contribution in [2.45, 2.75) is 11.8 Å². The van der Waals surface area contributed by atoms with E-state index in [-0.39, 0.29) is 0 Å². The molecule has 2 amide bonds. The third-order valence-electron chi connectivity index (χ3n) is 3.33. The number of rotatable bonds is 5. The average Bonchev–Trinajstić information content (AvgIpc) is 2.46. The van der Waals surface area contributed by atoms with Crippen LogP contribution in [0.1, 0.15) is 23.0 Å². The number of halogens is 1. The Balaban J connectivity index is 2.50. The molecule has 5 heteroatoms. The minimum atomic E-state index is -0.831. The highest BCUT2D eigenvalue weighted by molar-refractivity contribution is 6.30. The van der Waals surface area contributed by atoms with Gasteiger partial charge in [-0.1, -0.05) is 54.1 Å². The van der Waals surface area contributed by atoms with Crippen LogP contribution >= 0.6 is 11.6 Å². The van der Waals surface area contributed by atoms with Crippen molar-refractivity contribution >= 4 is 23.4 Å². The van der Waals surface area contributed by atoms with Crippen molar-refractivity contribution in [3.8, 4) is 0 Å². The second-order valence-electron chi connectivity index (χ2n) is 4.72. The second-order valence-corrected chi connectivity index (χ2v) is 5.16. The van der Waals surface area contributed by atoms with Crippen LogP contribution in [0.5, 0.6) is 0 Å². The van der Waals surface area contributed by atoms with Gasteiger partial charge in [0.15, 0.2) is 0 Å². The molecule has 2 aromatic carbocycles. The smallest absolute Gasteiger partial charge is 0.226 e. The van der Waals surface area contributed by atoms with Crippen molar-refractivity contribution in [2.75, 3.05) is 0 Å². The van der Waals surface area contributed by atoms with E-state index >= 15 is 0 Å². The van der Waals surface area contributed by atoms with E-state index in [0.29, 0.717) is 16.1 Å². The van der Waals surface area contributed by atoms with Gasteiger partial charge in [-0.3, -0.25) is 9.59 Å². The predicted octanol–water partition coefficient (Wildman–Crippen LogP) is 2.18. The number of primary amides is 2. The first-order valence-electron chi connectivity index (χ1n) is 6.39. The number of carbonyl (C=O) groups is 2. The van der Waals surface area contributed by atoms with Gasteiger partial charge in [0.25, 0.3) is 0 Å². The fourth-order valence-electron chi connectivity index (χ4n) is 2.37. The maximum atomic E-state index is 11.9. The Morgan fingerprint density at radius 3 is 1.62 bits per heavy atom. The average molecular weight is 303 g/mol. The Morgan fingerprint density at radius 1 is 0.762 bits per heavy atom. The first-order chi connectivity index (χ1) is 10.0. The first kappa shape index (κ1) is 15.1. The molecule has 2 rings (SSSR count). The fraction of sp³-hybridized carbons (Fsp3) is 0.125. The lowest BCUT2D eigenvalue weighted by molar-refractivity contribution is -0.126. The number of carbonyl (C=O) groups excluding carboxylic acids is 2. The summed E-state index contributed by atoms with van der Waals surface area (Å²) in [7, 11) is 0. The molecular weight excluding hydrogens is 288 g/mol. The maximum Gasteiger partial charge on any atom is 0.226 e. The van der Waals surface area contributed by atoms with E-state index in [0.717, 1.165) is 0 Å². The molecule has 2 aromatic rings. The van der Waals surface area contributed by atoms with Gasteiger partial charge in [-0.2, -0.15) is 0 Å². The summed E-state index contributed by atoms with van der Waals surface area (Å²) in [5, 5.41) is 0.539. The molecule has 4 nitrogen and oxygen atoms in total. The third-order valence-corrected chi connectivity index (χ3v) is 3.59. The van der Waals surface area contributed by atoms with Crippen LogP contribution in [0.4, 0.5) is 0 Å².